The predicted molar refractivity (Wildman–Crippen MR) is 69.3 cm³/mol. The van der Waals surface area contributed by atoms with Crippen molar-refractivity contribution in [2.24, 2.45) is 5.92 Å². The number of rotatable bonds is 3. The summed E-state index contributed by atoms with van der Waals surface area (Å²) in [6.45, 7) is 2.45. The summed E-state index contributed by atoms with van der Waals surface area (Å²) in [5, 5.41) is 0. The Hall–Kier alpha value is -1.65. The van der Waals surface area contributed by atoms with Crippen molar-refractivity contribution in [2.45, 2.75) is 38.3 Å². The summed E-state index contributed by atoms with van der Waals surface area (Å²) in [5.74, 6) is -1.16. The van der Waals surface area contributed by atoms with Crippen LogP contribution in [0.15, 0.2) is 18.2 Å². The van der Waals surface area contributed by atoms with Gasteiger partial charge in [-0.15, -0.1) is 0 Å². The lowest BCUT2D eigenvalue weighted by atomic mass is 10.1. The average Bonchev–Trinajstić information content (AvgIpc) is 3.04. The normalized spacial score (nSPS) is 25.9. The number of piperidine rings is 1. The zero-order valence-electron chi connectivity index (χ0n) is 11.3. The van der Waals surface area contributed by atoms with Crippen molar-refractivity contribution >= 4 is 5.91 Å². The highest BCUT2D eigenvalue weighted by Crippen LogP contribution is 2.37. The Kier molecular flexibility index (Phi) is 3.36. The molecule has 0 N–H and O–H groups in total. The second-order valence-electron chi connectivity index (χ2n) is 5.66. The molecule has 108 valence electrons. The topological polar surface area (TPSA) is 29.5 Å². The van der Waals surface area contributed by atoms with E-state index in [1.54, 1.807) is 6.92 Å². The predicted octanol–water partition coefficient (Wildman–Crippen LogP) is 2.74. The summed E-state index contributed by atoms with van der Waals surface area (Å²) >= 11 is 0. The molecule has 0 spiro atoms. The summed E-state index contributed by atoms with van der Waals surface area (Å²) in [7, 11) is 0. The number of benzene rings is 1. The fourth-order valence-electron chi connectivity index (χ4n) is 3.23. The van der Waals surface area contributed by atoms with Gasteiger partial charge in [0.2, 0.25) is 0 Å². The maximum atomic E-state index is 13.1. The van der Waals surface area contributed by atoms with E-state index in [1.807, 2.05) is 4.90 Å². The molecule has 1 aromatic carbocycles. The zero-order valence-corrected chi connectivity index (χ0v) is 11.3. The Bertz CT molecular complexity index is 535. The van der Waals surface area contributed by atoms with E-state index in [2.05, 4.69) is 0 Å². The van der Waals surface area contributed by atoms with Crippen LogP contribution in [-0.4, -0.2) is 29.5 Å². The minimum absolute atomic E-state index is 0.0677. The van der Waals surface area contributed by atoms with Crippen LogP contribution in [0.25, 0.3) is 0 Å². The highest BCUT2D eigenvalue weighted by molar-refractivity contribution is 5.81. The van der Waals surface area contributed by atoms with Crippen molar-refractivity contribution in [1.82, 2.24) is 4.90 Å². The maximum Gasteiger partial charge on any atom is 0.263 e. The highest BCUT2D eigenvalue weighted by atomic mass is 19.2. The number of fused-ring (bicyclic) bond motifs is 2. The van der Waals surface area contributed by atoms with E-state index in [4.69, 9.17) is 4.74 Å². The van der Waals surface area contributed by atoms with E-state index < -0.39 is 17.7 Å². The van der Waals surface area contributed by atoms with Crippen LogP contribution in [0.4, 0.5) is 8.78 Å². The number of likely N-dealkylation sites (tertiary alicyclic amines) is 1. The molecule has 1 aromatic rings. The Morgan fingerprint density at radius 1 is 1.35 bits per heavy atom. The fraction of sp³-hybridized carbons (Fsp3) is 0.533. The van der Waals surface area contributed by atoms with Gasteiger partial charge in [0.05, 0.1) is 0 Å². The van der Waals surface area contributed by atoms with Gasteiger partial charge in [-0.2, -0.15) is 0 Å². The Morgan fingerprint density at radius 2 is 2.15 bits per heavy atom. The Morgan fingerprint density at radius 3 is 2.75 bits per heavy atom. The zero-order chi connectivity index (χ0) is 14.3. The largest absolute Gasteiger partial charge is 0.481 e. The van der Waals surface area contributed by atoms with Crippen molar-refractivity contribution in [1.29, 1.82) is 0 Å². The smallest absolute Gasteiger partial charge is 0.263 e. The number of hydrogen-bond acceptors (Lipinski definition) is 2. The van der Waals surface area contributed by atoms with Crippen molar-refractivity contribution in [3.05, 3.63) is 29.8 Å². The third kappa shape index (κ3) is 2.37. The Balaban J connectivity index is 1.65. The van der Waals surface area contributed by atoms with E-state index in [0.717, 1.165) is 31.5 Å². The molecule has 0 radical (unpaired) electrons. The number of carbonyl (C=O) groups excluding carboxylic acids is 1. The van der Waals surface area contributed by atoms with Crippen LogP contribution in [0.2, 0.25) is 0 Å². The van der Waals surface area contributed by atoms with Crippen LogP contribution in [0, 0.1) is 17.6 Å². The molecule has 2 aliphatic rings. The quantitative estimate of drug-likeness (QED) is 0.852. The number of amides is 1. The molecule has 2 bridgehead atoms. The lowest BCUT2D eigenvalue weighted by molar-refractivity contribution is -0.139. The van der Waals surface area contributed by atoms with Crippen molar-refractivity contribution < 1.29 is 18.3 Å². The highest BCUT2D eigenvalue weighted by Gasteiger charge is 2.41. The summed E-state index contributed by atoms with van der Waals surface area (Å²) in [5.41, 5.74) is 0. The van der Waals surface area contributed by atoms with Crippen LogP contribution < -0.4 is 4.74 Å². The number of ether oxygens (including phenoxy) is 1. The molecule has 3 rings (SSSR count). The molecule has 20 heavy (non-hydrogen) atoms. The van der Waals surface area contributed by atoms with Gasteiger partial charge in [-0.25, -0.2) is 8.78 Å². The van der Waals surface area contributed by atoms with E-state index in [-0.39, 0.29) is 11.7 Å². The molecule has 1 amide bonds. The summed E-state index contributed by atoms with van der Waals surface area (Å²) in [4.78, 5) is 14.2. The summed E-state index contributed by atoms with van der Waals surface area (Å²) in [6.07, 6.45) is 2.67. The van der Waals surface area contributed by atoms with Gasteiger partial charge in [0.1, 0.15) is 5.75 Å². The van der Waals surface area contributed by atoms with E-state index in [9.17, 15) is 13.6 Å². The molecule has 3 unspecified atom stereocenters. The standard InChI is InChI=1S/C15H17F2NO2/c1-9(20-12-4-5-13(16)14(17)7-12)15(19)18-8-10-2-3-11(18)6-10/h4-5,7,9-11H,2-3,6,8H2,1H3. The van der Waals surface area contributed by atoms with Crippen LogP contribution in [0.1, 0.15) is 26.2 Å². The second kappa shape index (κ2) is 5.04. The molecule has 1 aliphatic heterocycles. The number of carbonyl (C=O) groups is 1. The molecule has 2 fully saturated rings. The molecular formula is C15H17F2NO2. The molecule has 1 saturated heterocycles. The van der Waals surface area contributed by atoms with Gasteiger partial charge in [0.15, 0.2) is 17.7 Å². The van der Waals surface area contributed by atoms with Gasteiger partial charge in [0.25, 0.3) is 5.91 Å². The first-order valence-corrected chi connectivity index (χ1v) is 6.97. The number of hydrogen-bond donors (Lipinski definition) is 0. The molecular weight excluding hydrogens is 264 g/mol. The fourth-order valence-corrected chi connectivity index (χ4v) is 3.23. The van der Waals surface area contributed by atoms with E-state index in [0.29, 0.717) is 12.0 Å². The van der Waals surface area contributed by atoms with Crippen LogP contribution in [0.3, 0.4) is 0 Å². The number of nitrogens with zero attached hydrogens (tertiary/aromatic N) is 1. The first kappa shape index (κ1) is 13.3. The molecule has 3 atom stereocenters. The van der Waals surface area contributed by atoms with Gasteiger partial charge in [-0.05, 0) is 44.2 Å². The van der Waals surface area contributed by atoms with Gasteiger partial charge in [-0.3, -0.25) is 4.79 Å². The van der Waals surface area contributed by atoms with Gasteiger partial charge >= 0.3 is 0 Å². The lowest BCUT2D eigenvalue weighted by Crippen LogP contribution is -2.44. The average molecular weight is 281 g/mol. The van der Waals surface area contributed by atoms with E-state index >= 15 is 0 Å². The van der Waals surface area contributed by atoms with Gasteiger partial charge in [-0.1, -0.05) is 0 Å². The molecule has 1 saturated carbocycles. The van der Waals surface area contributed by atoms with Gasteiger partial charge < -0.3 is 9.64 Å². The third-order valence-corrected chi connectivity index (χ3v) is 4.24. The maximum absolute atomic E-state index is 13.1. The lowest BCUT2D eigenvalue weighted by Gasteiger charge is -2.29. The first-order valence-electron chi connectivity index (χ1n) is 6.97. The van der Waals surface area contributed by atoms with Crippen LogP contribution in [-0.2, 0) is 4.79 Å². The first-order chi connectivity index (χ1) is 9.54. The minimum atomic E-state index is -0.970. The van der Waals surface area contributed by atoms with Crippen LogP contribution in [0.5, 0.6) is 5.75 Å². The molecule has 0 aromatic heterocycles. The molecule has 1 heterocycles. The van der Waals surface area contributed by atoms with E-state index in [1.165, 1.54) is 12.5 Å². The van der Waals surface area contributed by atoms with Gasteiger partial charge in [0, 0.05) is 18.7 Å². The van der Waals surface area contributed by atoms with Crippen LogP contribution >= 0.6 is 0 Å². The summed E-state index contributed by atoms with van der Waals surface area (Å²) in [6, 6.07) is 3.64. The molecule has 3 nitrogen and oxygen atoms in total. The SMILES string of the molecule is CC(Oc1ccc(F)c(F)c1)C(=O)N1CC2CCC1C2. The monoisotopic (exact) mass is 281 g/mol. The number of halogens is 2. The van der Waals surface area contributed by atoms with Crippen molar-refractivity contribution in [2.75, 3.05) is 6.54 Å². The minimum Gasteiger partial charge on any atom is -0.481 e. The Labute approximate surface area is 116 Å². The van der Waals surface area contributed by atoms with Crippen molar-refractivity contribution in [3.8, 4) is 5.75 Å². The van der Waals surface area contributed by atoms with Crippen molar-refractivity contribution in [3.63, 3.8) is 0 Å². The summed E-state index contributed by atoms with van der Waals surface area (Å²) < 4.78 is 31.4. The molecule has 1 aliphatic carbocycles. The third-order valence-electron chi connectivity index (χ3n) is 4.24. The molecule has 5 heteroatoms. The second-order valence-corrected chi connectivity index (χ2v) is 5.66.